The summed E-state index contributed by atoms with van der Waals surface area (Å²) >= 11 is 0. The van der Waals surface area contributed by atoms with Gasteiger partial charge in [0.2, 0.25) is 0 Å². The Bertz CT molecular complexity index is 774. The molecule has 2 aromatic rings. The van der Waals surface area contributed by atoms with Gasteiger partial charge in [-0.15, -0.1) is 0 Å². The zero-order valence-corrected chi connectivity index (χ0v) is 17.4. The highest BCUT2D eigenvalue weighted by Crippen LogP contribution is 2.36. The molecular weight excluding hydrogens is 368 g/mol. The van der Waals surface area contributed by atoms with Gasteiger partial charge in [-0.2, -0.15) is 0 Å². The molecule has 0 unspecified atom stereocenters. The fourth-order valence-corrected chi connectivity index (χ4v) is 3.70. The number of carbonyl (C=O) groups is 1. The highest BCUT2D eigenvalue weighted by Gasteiger charge is 2.47. The Morgan fingerprint density at radius 3 is 2.38 bits per heavy atom. The number of cyclic esters (lactones) is 1. The van der Waals surface area contributed by atoms with Crippen molar-refractivity contribution in [1.82, 2.24) is 0 Å². The predicted octanol–water partition coefficient (Wildman–Crippen LogP) is 4.53. The van der Waals surface area contributed by atoms with Gasteiger partial charge in [-0.25, -0.2) is 0 Å². The van der Waals surface area contributed by atoms with Crippen LogP contribution in [-0.2, 0) is 32.2 Å². The molecular formula is C24H30O5. The van der Waals surface area contributed by atoms with Crippen LogP contribution in [0.25, 0.3) is 0 Å². The maximum Gasteiger partial charge on any atom is 0.309 e. The summed E-state index contributed by atoms with van der Waals surface area (Å²) in [6, 6.07) is 17.9. The van der Waals surface area contributed by atoms with Crippen molar-refractivity contribution < 1.29 is 23.7 Å². The molecule has 1 aliphatic rings. The van der Waals surface area contributed by atoms with Crippen molar-refractivity contribution in [2.45, 2.75) is 51.6 Å². The molecule has 0 amide bonds. The monoisotopic (exact) mass is 398 g/mol. The lowest BCUT2D eigenvalue weighted by Gasteiger charge is -2.32. The van der Waals surface area contributed by atoms with E-state index < -0.39 is 5.60 Å². The maximum atomic E-state index is 12.0. The minimum atomic E-state index is -0.640. The van der Waals surface area contributed by atoms with E-state index in [0.29, 0.717) is 32.7 Å². The van der Waals surface area contributed by atoms with Crippen molar-refractivity contribution in [3.8, 4) is 5.75 Å². The van der Waals surface area contributed by atoms with E-state index in [0.717, 1.165) is 16.9 Å². The summed E-state index contributed by atoms with van der Waals surface area (Å²) in [5.74, 6) is 0.540. The van der Waals surface area contributed by atoms with Crippen LogP contribution in [-0.4, -0.2) is 31.4 Å². The van der Waals surface area contributed by atoms with E-state index in [9.17, 15) is 4.79 Å². The lowest BCUT2D eigenvalue weighted by atomic mass is 9.89. The smallest absolute Gasteiger partial charge is 0.309 e. The topological polar surface area (TPSA) is 54.0 Å². The SMILES string of the molecule is COc1ccc(CO[C@H](CCOCc2ccccc2)[C@@]2(C)C[C@@H](C)C(=O)O2)cc1. The largest absolute Gasteiger partial charge is 0.497 e. The first kappa shape index (κ1) is 21.3. The number of rotatable bonds is 10. The van der Waals surface area contributed by atoms with Crippen LogP contribution in [0.5, 0.6) is 5.75 Å². The summed E-state index contributed by atoms with van der Waals surface area (Å²) in [5, 5.41) is 0. The second kappa shape index (κ2) is 9.90. The van der Waals surface area contributed by atoms with Crippen molar-refractivity contribution >= 4 is 5.97 Å². The summed E-state index contributed by atoms with van der Waals surface area (Å²) in [6.07, 6.45) is 1.06. The first-order valence-corrected chi connectivity index (χ1v) is 10.1. The molecule has 1 fully saturated rings. The second-order valence-corrected chi connectivity index (χ2v) is 7.81. The van der Waals surface area contributed by atoms with Gasteiger partial charge < -0.3 is 18.9 Å². The fraction of sp³-hybridized carbons (Fsp3) is 0.458. The Morgan fingerprint density at radius 1 is 1.07 bits per heavy atom. The van der Waals surface area contributed by atoms with Crippen molar-refractivity contribution in [3.63, 3.8) is 0 Å². The van der Waals surface area contributed by atoms with Crippen LogP contribution in [0, 0.1) is 5.92 Å². The molecule has 0 aliphatic carbocycles. The molecule has 0 radical (unpaired) electrons. The van der Waals surface area contributed by atoms with Gasteiger partial charge in [-0.3, -0.25) is 4.79 Å². The van der Waals surface area contributed by atoms with Gasteiger partial charge in [0.15, 0.2) is 0 Å². The molecule has 29 heavy (non-hydrogen) atoms. The molecule has 0 N–H and O–H groups in total. The minimum Gasteiger partial charge on any atom is -0.497 e. The van der Waals surface area contributed by atoms with Gasteiger partial charge in [0.1, 0.15) is 11.4 Å². The molecule has 156 valence electrons. The van der Waals surface area contributed by atoms with E-state index in [-0.39, 0.29) is 18.0 Å². The third-order valence-electron chi connectivity index (χ3n) is 5.37. The fourth-order valence-electron chi connectivity index (χ4n) is 3.70. The Hall–Kier alpha value is -2.37. The minimum absolute atomic E-state index is 0.114. The van der Waals surface area contributed by atoms with Gasteiger partial charge in [0.05, 0.1) is 32.3 Å². The maximum absolute atomic E-state index is 12.0. The van der Waals surface area contributed by atoms with Crippen molar-refractivity contribution in [3.05, 3.63) is 65.7 Å². The number of hydrogen-bond acceptors (Lipinski definition) is 5. The van der Waals surface area contributed by atoms with Crippen molar-refractivity contribution in [2.24, 2.45) is 5.92 Å². The third-order valence-corrected chi connectivity index (χ3v) is 5.37. The molecule has 0 spiro atoms. The Balaban J connectivity index is 1.59. The summed E-state index contributed by atoms with van der Waals surface area (Å²) in [6.45, 7) is 5.39. The van der Waals surface area contributed by atoms with Crippen molar-refractivity contribution in [2.75, 3.05) is 13.7 Å². The van der Waals surface area contributed by atoms with E-state index in [1.165, 1.54) is 0 Å². The number of esters is 1. The highest BCUT2D eigenvalue weighted by atomic mass is 16.6. The molecule has 2 aromatic carbocycles. The Kier molecular flexibility index (Phi) is 7.29. The van der Waals surface area contributed by atoms with Crippen LogP contribution in [0.4, 0.5) is 0 Å². The zero-order chi connectivity index (χ0) is 20.7. The van der Waals surface area contributed by atoms with E-state index in [1.54, 1.807) is 7.11 Å². The van der Waals surface area contributed by atoms with Gasteiger partial charge in [-0.1, -0.05) is 49.4 Å². The summed E-state index contributed by atoms with van der Waals surface area (Å²) in [5.41, 5.74) is 1.54. The van der Waals surface area contributed by atoms with Crippen LogP contribution < -0.4 is 4.74 Å². The Morgan fingerprint density at radius 2 is 1.76 bits per heavy atom. The van der Waals surface area contributed by atoms with Gasteiger partial charge in [-0.05, 0) is 30.2 Å². The molecule has 1 saturated heterocycles. The van der Waals surface area contributed by atoms with Crippen LogP contribution in [0.3, 0.4) is 0 Å². The third kappa shape index (κ3) is 5.81. The summed E-state index contributed by atoms with van der Waals surface area (Å²) in [7, 11) is 1.65. The van der Waals surface area contributed by atoms with E-state index in [4.69, 9.17) is 18.9 Å². The summed E-state index contributed by atoms with van der Waals surface area (Å²) < 4.78 is 23.0. The van der Waals surface area contributed by atoms with Gasteiger partial charge >= 0.3 is 5.97 Å². The number of hydrogen-bond donors (Lipinski definition) is 0. The number of benzene rings is 2. The molecule has 0 saturated carbocycles. The molecule has 3 atom stereocenters. The molecule has 0 bridgehead atoms. The van der Waals surface area contributed by atoms with Gasteiger partial charge in [0, 0.05) is 19.4 Å². The number of carbonyl (C=O) groups excluding carboxylic acids is 1. The molecule has 5 heteroatoms. The van der Waals surface area contributed by atoms with E-state index in [1.807, 2.05) is 68.4 Å². The van der Waals surface area contributed by atoms with E-state index in [2.05, 4.69) is 0 Å². The van der Waals surface area contributed by atoms with Crippen LogP contribution >= 0.6 is 0 Å². The van der Waals surface area contributed by atoms with Crippen LogP contribution in [0.15, 0.2) is 54.6 Å². The highest BCUT2D eigenvalue weighted by molar-refractivity contribution is 5.75. The number of methoxy groups -OCH3 is 1. The molecule has 5 nitrogen and oxygen atoms in total. The number of ether oxygens (including phenoxy) is 4. The summed E-state index contributed by atoms with van der Waals surface area (Å²) in [4.78, 5) is 12.0. The normalized spacial score (nSPS) is 22.3. The quantitative estimate of drug-likeness (QED) is 0.435. The molecule has 1 aliphatic heterocycles. The first-order valence-electron chi connectivity index (χ1n) is 10.1. The Labute approximate surface area is 172 Å². The second-order valence-electron chi connectivity index (χ2n) is 7.81. The van der Waals surface area contributed by atoms with E-state index >= 15 is 0 Å². The lowest BCUT2D eigenvalue weighted by molar-refractivity contribution is -0.165. The van der Waals surface area contributed by atoms with Gasteiger partial charge in [0.25, 0.3) is 0 Å². The lowest BCUT2D eigenvalue weighted by Crippen LogP contribution is -2.42. The molecule has 1 heterocycles. The standard InChI is InChI=1S/C24H30O5/c1-18-15-24(2,29-23(18)25)22(13-14-27-16-19-7-5-4-6-8-19)28-17-20-9-11-21(26-3)12-10-20/h4-12,18,22H,13-17H2,1-3H3/t18-,22-,24-/m1/s1. The predicted molar refractivity (Wildman–Crippen MR) is 111 cm³/mol. The van der Waals surface area contributed by atoms with Crippen LogP contribution in [0.1, 0.15) is 37.8 Å². The van der Waals surface area contributed by atoms with Crippen molar-refractivity contribution in [1.29, 1.82) is 0 Å². The molecule has 3 rings (SSSR count). The first-order chi connectivity index (χ1) is 14.0. The average Bonchev–Trinajstić information content (AvgIpc) is 3.01. The zero-order valence-electron chi connectivity index (χ0n) is 17.4. The average molecular weight is 398 g/mol. The van der Waals surface area contributed by atoms with Crippen LogP contribution in [0.2, 0.25) is 0 Å². The molecule has 0 aromatic heterocycles.